The number of pyridine rings is 1. The number of benzene rings is 1. The molecular formula is C22H24N5O2S+. The van der Waals surface area contributed by atoms with Gasteiger partial charge in [0.1, 0.15) is 13.1 Å². The summed E-state index contributed by atoms with van der Waals surface area (Å²) in [5, 5.41) is 1.31. The molecule has 154 valence electrons. The Morgan fingerprint density at radius 1 is 1.07 bits per heavy atom. The highest BCUT2D eigenvalue weighted by molar-refractivity contribution is 7.99. The van der Waals surface area contributed by atoms with Gasteiger partial charge in [0.2, 0.25) is 5.91 Å². The second-order valence-corrected chi connectivity index (χ2v) is 8.66. The Balaban J connectivity index is 1.26. The quantitative estimate of drug-likeness (QED) is 0.464. The lowest BCUT2D eigenvalue weighted by Crippen LogP contribution is -2.50. The van der Waals surface area contributed by atoms with Crippen molar-refractivity contribution in [3.63, 3.8) is 0 Å². The van der Waals surface area contributed by atoms with E-state index < -0.39 is 0 Å². The van der Waals surface area contributed by atoms with Crippen LogP contribution in [0, 0.1) is 0 Å². The summed E-state index contributed by atoms with van der Waals surface area (Å²) in [5.41, 5.74) is 0.702. The van der Waals surface area contributed by atoms with Crippen LogP contribution in [0.15, 0.2) is 58.6 Å². The van der Waals surface area contributed by atoms with Crippen molar-refractivity contribution in [2.24, 2.45) is 0 Å². The highest BCUT2D eigenvalue weighted by Crippen LogP contribution is 2.36. The first-order valence-electron chi connectivity index (χ1n) is 10.3. The third kappa shape index (κ3) is 3.79. The van der Waals surface area contributed by atoms with E-state index >= 15 is 0 Å². The van der Waals surface area contributed by atoms with E-state index in [9.17, 15) is 9.59 Å². The molecule has 0 bridgehead atoms. The number of carbonyl (C=O) groups is 1. The zero-order valence-electron chi connectivity index (χ0n) is 16.7. The van der Waals surface area contributed by atoms with Crippen molar-refractivity contribution in [3.05, 3.63) is 59.0 Å². The van der Waals surface area contributed by atoms with Gasteiger partial charge in [0.15, 0.2) is 5.16 Å². The fraction of sp³-hybridized carbons (Fsp3) is 0.364. The number of hydrogen-bond acceptors (Lipinski definition) is 5. The number of para-hydroxylation sites is 1. The molecule has 7 nitrogen and oxygen atoms in total. The molecule has 1 N–H and O–H groups in total. The summed E-state index contributed by atoms with van der Waals surface area (Å²) in [7, 11) is 0. The number of anilines is 1. The van der Waals surface area contributed by atoms with Crippen LogP contribution in [0.5, 0.6) is 0 Å². The third-order valence-electron chi connectivity index (χ3n) is 5.68. The molecule has 5 rings (SSSR count). The number of fused-ring (bicyclic) bond motifs is 1. The van der Waals surface area contributed by atoms with Gasteiger partial charge in [-0.3, -0.25) is 19.1 Å². The Morgan fingerprint density at radius 3 is 2.57 bits per heavy atom. The van der Waals surface area contributed by atoms with Gasteiger partial charge < -0.3 is 4.90 Å². The molecule has 0 unspecified atom stereocenters. The summed E-state index contributed by atoms with van der Waals surface area (Å²) in [6, 6.07) is 13.7. The topological polar surface area (TPSA) is 72.6 Å². The largest absolute Gasteiger partial charge is 0.334 e. The summed E-state index contributed by atoms with van der Waals surface area (Å²) < 4.78 is 1.80. The summed E-state index contributed by atoms with van der Waals surface area (Å²) in [5.74, 6) is 1.48. The molecule has 1 aliphatic heterocycles. The molecular weight excluding hydrogens is 398 g/mol. The molecule has 2 fully saturated rings. The Bertz CT molecular complexity index is 1120. The van der Waals surface area contributed by atoms with Gasteiger partial charge in [-0.15, -0.1) is 0 Å². The smallest absolute Gasteiger partial charge is 0.274 e. The van der Waals surface area contributed by atoms with E-state index in [0.717, 1.165) is 31.7 Å². The lowest BCUT2D eigenvalue weighted by molar-refractivity contribution is -0.364. The summed E-state index contributed by atoms with van der Waals surface area (Å²) in [6.07, 6.45) is 3.92. The fourth-order valence-electron chi connectivity index (χ4n) is 3.88. The monoisotopic (exact) mass is 422 g/mol. The van der Waals surface area contributed by atoms with Gasteiger partial charge >= 0.3 is 0 Å². The van der Waals surface area contributed by atoms with Crippen LogP contribution < -0.4 is 15.4 Å². The maximum absolute atomic E-state index is 13.0. The Hall–Kier alpha value is -2.87. The molecule has 0 atom stereocenters. The van der Waals surface area contributed by atoms with E-state index in [1.54, 1.807) is 4.57 Å². The maximum atomic E-state index is 13.0. The minimum Gasteiger partial charge on any atom is -0.334 e. The molecule has 2 aliphatic rings. The predicted molar refractivity (Wildman–Crippen MR) is 117 cm³/mol. The zero-order valence-corrected chi connectivity index (χ0v) is 17.5. The number of aromatic nitrogens is 3. The third-order valence-corrected chi connectivity index (χ3v) is 6.62. The van der Waals surface area contributed by atoms with Crippen LogP contribution in [0.1, 0.15) is 18.9 Å². The van der Waals surface area contributed by atoms with E-state index in [0.29, 0.717) is 34.9 Å². The average Bonchev–Trinajstić information content (AvgIpc) is 3.63. The van der Waals surface area contributed by atoms with Crippen LogP contribution in [-0.2, 0) is 4.79 Å². The molecule has 1 saturated heterocycles. The number of carbonyl (C=O) groups excluding carboxylic acids is 1. The Kier molecular flexibility index (Phi) is 5.16. The van der Waals surface area contributed by atoms with E-state index in [2.05, 4.69) is 16.0 Å². The molecule has 0 radical (unpaired) electrons. The molecule has 3 aromatic rings. The summed E-state index contributed by atoms with van der Waals surface area (Å²) in [6.45, 7) is 3.00. The molecule has 1 aliphatic carbocycles. The van der Waals surface area contributed by atoms with Crippen LogP contribution in [0.2, 0.25) is 0 Å². The number of rotatable bonds is 5. The molecule has 2 aromatic heterocycles. The minimum absolute atomic E-state index is 0.00535. The number of nitrogens with zero attached hydrogens (tertiary/aromatic N) is 4. The number of H-pyrrole nitrogens is 1. The molecule has 3 heterocycles. The summed E-state index contributed by atoms with van der Waals surface area (Å²) >= 11 is 1.38. The van der Waals surface area contributed by atoms with Gasteiger partial charge in [-0.25, -0.2) is 9.97 Å². The second-order valence-electron chi connectivity index (χ2n) is 7.72. The molecule has 1 amide bonds. The number of aromatic amines is 1. The van der Waals surface area contributed by atoms with Gasteiger partial charge in [-0.1, -0.05) is 30.0 Å². The lowest BCUT2D eigenvalue weighted by Gasteiger charge is -2.31. The van der Waals surface area contributed by atoms with Crippen LogP contribution in [0.3, 0.4) is 0 Å². The highest BCUT2D eigenvalue weighted by atomic mass is 32.2. The molecule has 1 saturated carbocycles. The number of hydrogen-bond donors (Lipinski definition) is 0. The Morgan fingerprint density at radius 2 is 1.83 bits per heavy atom. The number of amides is 1. The number of nitrogens with one attached hydrogen (secondary N) is 1. The average molecular weight is 423 g/mol. The molecule has 30 heavy (non-hydrogen) atoms. The van der Waals surface area contributed by atoms with Crippen LogP contribution >= 0.6 is 11.8 Å². The minimum atomic E-state index is 0.00535. The maximum Gasteiger partial charge on any atom is 0.274 e. The van der Waals surface area contributed by atoms with Crippen LogP contribution in [0.4, 0.5) is 5.82 Å². The van der Waals surface area contributed by atoms with Crippen molar-refractivity contribution < 1.29 is 9.78 Å². The van der Waals surface area contributed by atoms with Crippen molar-refractivity contribution >= 4 is 34.4 Å². The zero-order chi connectivity index (χ0) is 20.5. The van der Waals surface area contributed by atoms with Crippen molar-refractivity contribution in [1.29, 1.82) is 0 Å². The van der Waals surface area contributed by atoms with Crippen molar-refractivity contribution in [1.82, 2.24) is 14.5 Å². The Labute approximate surface area is 178 Å². The van der Waals surface area contributed by atoms with Crippen molar-refractivity contribution in [2.75, 3.05) is 36.8 Å². The normalized spacial score (nSPS) is 16.8. The van der Waals surface area contributed by atoms with E-state index in [1.165, 1.54) is 11.8 Å². The van der Waals surface area contributed by atoms with Gasteiger partial charge in [-0.05, 0) is 31.0 Å². The van der Waals surface area contributed by atoms with E-state index in [-0.39, 0.29) is 17.5 Å². The van der Waals surface area contributed by atoms with Gasteiger partial charge in [0.05, 0.1) is 35.9 Å². The van der Waals surface area contributed by atoms with Gasteiger partial charge in [-0.2, -0.15) is 0 Å². The number of piperazine rings is 1. The van der Waals surface area contributed by atoms with Crippen LogP contribution in [-0.4, -0.2) is 52.3 Å². The van der Waals surface area contributed by atoms with Gasteiger partial charge in [0, 0.05) is 12.1 Å². The van der Waals surface area contributed by atoms with Crippen molar-refractivity contribution in [3.8, 4) is 0 Å². The second kappa shape index (κ2) is 8.10. The van der Waals surface area contributed by atoms with E-state index in [4.69, 9.17) is 4.98 Å². The SMILES string of the molecule is O=C(CSc1nc2ccccc2c(=O)n1C1CC1)N1CCN(c2cccc[nH+]2)CC1. The summed E-state index contributed by atoms with van der Waals surface area (Å²) in [4.78, 5) is 37.9. The first-order valence-corrected chi connectivity index (χ1v) is 11.3. The molecule has 0 spiro atoms. The van der Waals surface area contributed by atoms with Crippen LogP contribution in [0.25, 0.3) is 10.9 Å². The first-order chi connectivity index (χ1) is 14.7. The van der Waals surface area contributed by atoms with E-state index in [1.807, 2.05) is 47.5 Å². The lowest BCUT2D eigenvalue weighted by atomic mass is 10.2. The fourth-order valence-corrected chi connectivity index (χ4v) is 4.85. The highest BCUT2D eigenvalue weighted by Gasteiger charge is 2.30. The first kappa shape index (κ1) is 19.1. The predicted octanol–water partition coefficient (Wildman–Crippen LogP) is 1.99. The molecule has 1 aromatic carbocycles. The van der Waals surface area contributed by atoms with Gasteiger partial charge in [0.25, 0.3) is 11.4 Å². The number of thioether (sulfide) groups is 1. The standard InChI is InChI=1S/C22H23N5O2S/c28-20(26-13-11-25(12-14-26)19-7-3-4-10-23-19)15-30-22-24-18-6-2-1-5-17(18)21(29)27(22)16-8-9-16/h1-7,10,16H,8-9,11-15H2/p+1. The van der Waals surface area contributed by atoms with Crippen molar-refractivity contribution in [2.45, 2.75) is 24.0 Å². The molecule has 8 heteroatoms.